The first kappa shape index (κ1) is 15.9. The van der Waals surface area contributed by atoms with E-state index in [-0.39, 0.29) is 11.7 Å². The molecule has 0 saturated carbocycles. The normalized spacial score (nSPS) is 22.3. The van der Waals surface area contributed by atoms with Gasteiger partial charge in [0.15, 0.2) is 0 Å². The molecule has 1 N–H and O–H groups in total. The molecule has 0 aliphatic carbocycles. The maximum absolute atomic E-state index is 10.4. The molecule has 2 unspecified atom stereocenters. The second kappa shape index (κ2) is 8.13. The Bertz CT molecular complexity index is 208. The van der Waals surface area contributed by atoms with Crippen LogP contribution in [0.4, 0.5) is 0 Å². The summed E-state index contributed by atoms with van der Waals surface area (Å²) in [5.74, 6) is 0. The van der Waals surface area contributed by atoms with Crippen molar-refractivity contribution in [1.29, 1.82) is 0 Å². The van der Waals surface area contributed by atoms with Gasteiger partial charge in [0.05, 0.1) is 17.8 Å². The summed E-state index contributed by atoms with van der Waals surface area (Å²) in [7, 11) is 0. The number of ether oxygens (including phenoxy) is 2. The van der Waals surface area contributed by atoms with Crippen LogP contribution in [0.25, 0.3) is 0 Å². The van der Waals surface area contributed by atoms with E-state index in [0.717, 1.165) is 38.7 Å². The summed E-state index contributed by atoms with van der Waals surface area (Å²) in [4.78, 5) is 0. The van der Waals surface area contributed by atoms with Crippen LogP contribution >= 0.6 is 0 Å². The number of aliphatic hydroxyl groups is 1. The maximum atomic E-state index is 10.4. The summed E-state index contributed by atoms with van der Waals surface area (Å²) in [6.07, 6.45) is 7.14. The molecule has 0 bridgehead atoms. The Morgan fingerprint density at radius 1 is 1.33 bits per heavy atom. The first-order valence-electron chi connectivity index (χ1n) is 7.62. The Kier molecular flexibility index (Phi) is 7.20. The highest BCUT2D eigenvalue weighted by molar-refractivity contribution is 4.86. The molecule has 1 aliphatic rings. The molecular weight excluding hydrogens is 228 g/mol. The minimum Gasteiger partial charge on any atom is -0.390 e. The van der Waals surface area contributed by atoms with Gasteiger partial charge in [0.1, 0.15) is 0 Å². The van der Waals surface area contributed by atoms with Crippen molar-refractivity contribution >= 4 is 0 Å². The Labute approximate surface area is 112 Å². The van der Waals surface area contributed by atoms with Crippen molar-refractivity contribution in [2.75, 3.05) is 13.2 Å². The van der Waals surface area contributed by atoms with Crippen LogP contribution in [-0.2, 0) is 9.47 Å². The molecule has 0 aromatic heterocycles. The Morgan fingerprint density at radius 3 is 2.56 bits per heavy atom. The minimum absolute atomic E-state index is 0.342. The summed E-state index contributed by atoms with van der Waals surface area (Å²) < 4.78 is 11.4. The van der Waals surface area contributed by atoms with Crippen molar-refractivity contribution < 1.29 is 14.6 Å². The van der Waals surface area contributed by atoms with Crippen molar-refractivity contribution in [3.05, 3.63) is 0 Å². The molecule has 0 spiro atoms. The Balaban J connectivity index is 2.33. The first-order chi connectivity index (χ1) is 8.68. The quantitative estimate of drug-likeness (QED) is 0.689. The van der Waals surface area contributed by atoms with E-state index in [2.05, 4.69) is 13.8 Å². The SMILES string of the molecule is CCOC(CC)(CC)C(O)CCCC1CCCO1. The standard InChI is InChI=1S/C15H30O3/c1-4-15(5-2,18-6-3)14(16)11-7-9-13-10-8-12-17-13/h13-14,16H,4-12H2,1-3H3. The van der Waals surface area contributed by atoms with E-state index in [1.54, 1.807) is 0 Å². The van der Waals surface area contributed by atoms with Gasteiger partial charge in [-0.3, -0.25) is 0 Å². The van der Waals surface area contributed by atoms with Crippen molar-refractivity contribution in [2.45, 2.75) is 83.5 Å². The van der Waals surface area contributed by atoms with Crippen LogP contribution in [0.2, 0.25) is 0 Å². The lowest BCUT2D eigenvalue weighted by molar-refractivity contribution is -0.128. The van der Waals surface area contributed by atoms with Crippen molar-refractivity contribution in [2.24, 2.45) is 0 Å². The van der Waals surface area contributed by atoms with Crippen molar-refractivity contribution in [1.82, 2.24) is 0 Å². The Morgan fingerprint density at radius 2 is 2.06 bits per heavy atom. The third kappa shape index (κ3) is 4.22. The molecule has 1 rings (SSSR count). The number of hydrogen-bond donors (Lipinski definition) is 1. The second-order valence-corrected chi connectivity index (χ2v) is 5.29. The average Bonchev–Trinajstić information content (AvgIpc) is 2.89. The van der Waals surface area contributed by atoms with E-state index in [4.69, 9.17) is 9.47 Å². The van der Waals surface area contributed by atoms with Crippen molar-refractivity contribution in [3.8, 4) is 0 Å². The molecule has 1 fully saturated rings. The summed E-state index contributed by atoms with van der Waals surface area (Å²) in [5, 5.41) is 10.4. The third-order valence-corrected chi connectivity index (χ3v) is 4.26. The Hall–Kier alpha value is -0.120. The van der Waals surface area contributed by atoms with Gasteiger partial charge in [-0.2, -0.15) is 0 Å². The fraction of sp³-hybridized carbons (Fsp3) is 1.00. The van der Waals surface area contributed by atoms with Crippen LogP contribution in [-0.4, -0.2) is 36.1 Å². The largest absolute Gasteiger partial charge is 0.390 e. The molecule has 3 heteroatoms. The monoisotopic (exact) mass is 258 g/mol. The van der Waals surface area contributed by atoms with E-state index in [9.17, 15) is 5.11 Å². The lowest BCUT2D eigenvalue weighted by atomic mass is 9.87. The molecule has 1 heterocycles. The second-order valence-electron chi connectivity index (χ2n) is 5.29. The van der Waals surface area contributed by atoms with Crippen LogP contribution in [0.15, 0.2) is 0 Å². The van der Waals surface area contributed by atoms with Crippen molar-refractivity contribution in [3.63, 3.8) is 0 Å². The highest BCUT2D eigenvalue weighted by atomic mass is 16.5. The van der Waals surface area contributed by atoms with E-state index in [1.807, 2.05) is 6.92 Å². The topological polar surface area (TPSA) is 38.7 Å². The molecule has 108 valence electrons. The van der Waals surface area contributed by atoms with E-state index in [0.29, 0.717) is 12.7 Å². The van der Waals surface area contributed by atoms with Gasteiger partial charge in [-0.1, -0.05) is 13.8 Å². The minimum atomic E-state index is -0.353. The van der Waals surface area contributed by atoms with E-state index in [1.165, 1.54) is 12.8 Å². The van der Waals surface area contributed by atoms with Gasteiger partial charge in [0, 0.05) is 13.2 Å². The molecule has 18 heavy (non-hydrogen) atoms. The van der Waals surface area contributed by atoms with Gasteiger partial charge < -0.3 is 14.6 Å². The maximum Gasteiger partial charge on any atom is 0.0934 e. The molecule has 2 atom stereocenters. The molecule has 1 aliphatic heterocycles. The summed E-state index contributed by atoms with van der Waals surface area (Å²) in [5.41, 5.74) is -0.342. The lowest BCUT2D eigenvalue weighted by Crippen LogP contribution is -2.44. The number of hydrogen-bond acceptors (Lipinski definition) is 3. The summed E-state index contributed by atoms with van der Waals surface area (Å²) >= 11 is 0. The van der Waals surface area contributed by atoms with Crippen LogP contribution in [0, 0.1) is 0 Å². The molecule has 0 aromatic carbocycles. The van der Waals surface area contributed by atoms with Crippen LogP contribution in [0.3, 0.4) is 0 Å². The summed E-state index contributed by atoms with van der Waals surface area (Å²) in [6.45, 7) is 7.79. The van der Waals surface area contributed by atoms with Crippen LogP contribution in [0.5, 0.6) is 0 Å². The zero-order valence-electron chi connectivity index (χ0n) is 12.3. The third-order valence-electron chi connectivity index (χ3n) is 4.26. The summed E-state index contributed by atoms with van der Waals surface area (Å²) in [6, 6.07) is 0. The van der Waals surface area contributed by atoms with E-state index < -0.39 is 0 Å². The number of aliphatic hydroxyl groups excluding tert-OH is 1. The fourth-order valence-electron chi connectivity index (χ4n) is 2.98. The fourth-order valence-corrected chi connectivity index (χ4v) is 2.98. The number of rotatable bonds is 9. The van der Waals surface area contributed by atoms with Crippen LogP contribution in [0.1, 0.15) is 65.7 Å². The zero-order valence-corrected chi connectivity index (χ0v) is 12.3. The molecule has 3 nitrogen and oxygen atoms in total. The zero-order chi connectivity index (χ0) is 13.4. The predicted octanol–water partition coefficient (Wildman–Crippen LogP) is 3.29. The molecular formula is C15H30O3. The highest BCUT2D eigenvalue weighted by Gasteiger charge is 2.34. The highest BCUT2D eigenvalue weighted by Crippen LogP contribution is 2.29. The molecule has 0 radical (unpaired) electrons. The van der Waals surface area contributed by atoms with Gasteiger partial charge >= 0.3 is 0 Å². The smallest absolute Gasteiger partial charge is 0.0934 e. The van der Waals surface area contributed by atoms with Gasteiger partial charge in [0.25, 0.3) is 0 Å². The van der Waals surface area contributed by atoms with E-state index >= 15 is 0 Å². The predicted molar refractivity (Wildman–Crippen MR) is 73.8 cm³/mol. The lowest BCUT2D eigenvalue weighted by Gasteiger charge is -2.36. The molecule has 0 amide bonds. The molecule has 0 aromatic rings. The molecule has 1 saturated heterocycles. The van der Waals surface area contributed by atoms with Gasteiger partial charge in [-0.15, -0.1) is 0 Å². The van der Waals surface area contributed by atoms with Gasteiger partial charge in [-0.25, -0.2) is 0 Å². The average molecular weight is 258 g/mol. The van der Waals surface area contributed by atoms with Gasteiger partial charge in [-0.05, 0) is 51.9 Å². The van der Waals surface area contributed by atoms with Crippen LogP contribution < -0.4 is 0 Å². The van der Waals surface area contributed by atoms with Gasteiger partial charge in [0.2, 0.25) is 0 Å². The first-order valence-corrected chi connectivity index (χ1v) is 7.62.